The van der Waals surface area contributed by atoms with Crippen LogP contribution in [0.1, 0.15) is 6.42 Å². The van der Waals surface area contributed by atoms with Crippen LogP contribution in [0.25, 0.3) is 0 Å². The van der Waals surface area contributed by atoms with Crippen LogP contribution >= 0.6 is 11.8 Å². The van der Waals surface area contributed by atoms with Gasteiger partial charge in [0.05, 0.1) is 7.11 Å². The molecule has 0 spiro atoms. The van der Waals surface area contributed by atoms with Crippen LogP contribution in [0.2, 0.25) is 0 Å². The molecule has 1 atom stereocenters. The lowest BCUT2D eigenvalue weighted by Gasteiger charge is -2.16. The Hall–Kier alpha value is -1.16. The number of anilines is 1. The van der Waals surface area contributed by atoms with Crippen molar-refractivity contribution in [3.8, 4) is 0 Å². The molecule has 1 aromatic carbocycles. The molecular weight excluding hydrogens is 222 g/mol. The Morgan fingerprint density at radius 2 is 2.12 bits per heavy atom. The van der Waals surface area contributed by atoms with Gasteiger partial charge in [-0.3, -0.25) is 0 Å². The molecule has 0 saturated heterocycles. The van der Waals surface area contributed by atoms with Crippen molar-refractivity contribution in [2.75, 3.05) is 24.4 Å². The molecule has 0 fully saturated rings. The summed E-state index contributed by atoms with van der Waals surface area (Å²) in [6.45, 7) is 0. The van der Waals surface area contributed by atoms with Crippen molar-refractivity contribution >= 4 is 23.4 Å². The van der Waals surface area contributed by atoms with Gasteiger partial charge in [-0.05, 0) is 30.6 Å². The van der Waals surface area contributed by atoms with Crippen LogP contribution in [-0.2, 0) is 9.53 Å². The van der Waals surface area contributed by atoms with E-state index < -0.39 is 0 Å². The Balaban J connectivity index is 2.59. The fraction of sp³-hybridized carbons (Fsp3) is 0.417. The number of thioether (sulfide) groups is 1. The van der Waals surface area contributed by atoms with Gasteiger partial charge in [0.25, 0.3) is 0 Å². The van der Waals surface area contributed by atoms with Crippen LogP contribution in [0.15, 0.2) is 30.3 Å². The summed E-state index contributed by atoms with van der Waals surface area (Å²) in [5.41, 5.74) is 0.944. The second kappa shape index (κ2) is 7.17. The highest BCUT2D eigenvalue weighted by Gasteiger charge is 2.17. The van der Waals surface area contributed by atoms with Crippen molar-refractivity contribution in [2.45, 2.75) is 12.5 Å². The van der Waals surface area contributed by atoms with Crippen LogP contribution in [0.3, 0.4) is 0 Å². The fourth-order valence-corrected chi connectivity index (χ4v) is 1.83. The Bertz CT molecular complexity index is 316. The average Bonchev–Trinajstić information content (AvgIpc) is 2.34. The SMILES string of the molecule is COC(=O)[C@H](CCSC)Nc1ccccc1. The first-order chi connectivity index (χ1) is 7.77. The Morgan fingerprint density at radius 3 is 2.69 bits per heavy atom. The van der Waals surface area contributed by atoms with Gasteiger partial charge in [-0.2, -0.15) is 11.8 Å². The second-order valence-corrected chi connectivity index (χ2v) is 4.35. The molecule has 0 radical (unpaired) electrons. The highest BCUT2D eigenvalue weighted by atomic mass is 32.2. The van der Waals surface area contributed by atoms with Gasteiger partial charge in [0.1, 0.15) is 6.04 Å². The van der Waals surface area contributed by atoms with E-state index in [0.29, 0.717) is 0 Å². The molecule has 0 amide bonds. The number of benzene rings is 1. The third-order valence-electron chi connectivity index (χ3n) is 2.21. The number of rotatable bonds is 6. The summed E-state index contributed by atoms with van der Waals surface area (Å²) in [6, 6.07) is 9.43. The summed E-state index contributed by atoms with van der Waals surface area (Å²) in [5, 5.41) is 3.18. The predicted molar refractivity (Wildman–Crippen MR) is 68.9 cm³/mol. The van der Waals surface area contributed by atoms with E-state index in [1.165, 1.54) is 7.11 Å². The maximum absolute atomic E-state index is 11.5. The normalized spacial score (nSPS) is 11.9. The molecule has 88 valence electrons. The van der Waals surface area contributed by atoms with Crippen LogP contribution in [0, 0.1) is 0 Å². The predicted octanol–water partition coefficient (Wildman–Crippen LogP) is 2.39. The van der Waals surface area contributed by atoms with Crippen LogP contribution in [0.4, 0.5) is 5.69 Å². The first kappa shape index (κ1) is 12.9. The van der Waals surface area contributed by atoms with E-state index in [2.05, 4.69) is 5.32 Å². The lowest BCUT2D eigenvalue weighted by Crippen LogP contribution is -2.31. The minimum absolute atomic E-state index is 0.210. The Morgan fingerprint density at radius 1 is 1.44 bits per heavy atom. The van der Waals surface area contributed by atoms with Crippen molar-refractivity contribution in [1.29, 1.82) is 0 Å². The van der Waals surface area contributed by atoms with Crippen molar-refractivity contribution in [1.82, 2.24) is 0 Å². The monoisotopic (exact) mass is 239 g/mol. The number of esters is 1. The van der Waals surface area contributed by atoms with Gasteiger partial charge in [-0.1, -0.05) is 18.2 Å². The van der Waals surface area contributed by atoms with Gasteiger partial charge in [0, 0.05) is 5.69 Å². The van der Waals surface area contributed by atoms with Gasteiger partial charge in [0.2, 0.25) is 0 Å². The fourth-order valence-electron chi connectivity index (χ4n) is 1.36. The Kier molecular flexibility index (Phi) is 5.78. The summed E-state index contributed by atoms with van der Waals surface area (Å²) in [7, 11) is 1.42. The molecule has 1 N–H and O–H groups in total. The maximum atomic E-state index is 11.5. The summed E-state index contributed by atoms with van der Waals surface area (Å²) in [6.07, 6.45) is 2.79. The molecule has 3 nitrogen and oxygen atoms in total. The molecule has 0 aliphatic heterocycles. The Labute approximate surface area is 101 Å². The van der Waals surface area contributed by atoms with E-state index in [0.717, 1.165) is 17.9 Å². The smallest absolute Gasteiger partial charge is 0.328 e. The average molecular weight is 239 g/mol. The molecule has 0 aromatic heterocycles. The molecule has 0 unspecified atom stereocenters. The summed E-state index contributed by atoms with van der Waals surface area (Å²) < 4.78 is 4.77. The number of hydrogen-bond donors (Lipinski definition) is 1. The van der Waals surface area contributed by atoms with Crippen molar-refractivity contribution < 1.29 is 9.53 Å². The topological polar surface area (TPSA) is 38.3 Å². The van der Waals surface area contributed by atoms with E-state index in [9.17, 15) is 4.79 Å². The summed E-state index contributed by atoms with van der Waals surface area (Å²) in [4.78, 5) is 11.5. The van der Waals surface area contributed by atoms with Gasteiger partial charge < -0.3 is 10.1 Å². The number of ether oxygens (including phenoxy) is 1. The molecule has 0 aliphatic rings. The highest BCUT2D eigenvalue weighted by molar-refractivity contribution is 7.98. The van der Waals surface area contributed by atoms with Crippen LogP contribution in [-0.4, -0.2) is 31.1 Å². The van der Waals surface area contributed by atoms with Crippen molar-refractivity contribution in [3.63, 3.8) is 0 Å². The number of methoxy groups -OCH3 is 1. The van der Waals surface area contributed by atoms with Gasteiger partial charge >= 0.3 is 5.97 Å². The number of carbonyl (C=O) groups is 1. The molecule has 16 heavy (non-hydrogen) atoms. The molecule has 0 bridgehead atoms. The first-order valence-corrected chi connectivity index (χ1v) is 6.55. The van der Waals surface area contributed by atoms with Gasteiger partial charge in [0.15, 0.2) is 0 Å². The van der Waals surface area contributed by atoms with Crippen molar-refractivity contribution in [2.24, 2.45) is 0 Å². The maximum Gasteiger partial charge on any atom is 0.328 e. The standard InChI is InChI=1S/C12H17NO2S/c1-15-12(14)11(8-9-16-2)13-10-6-4-3-5-7-10/h3-7,11,13H,8-9H2,1-2H3/t11-/m0/s1. The number of para-hydroxylation sites is 1. The largest absolute Gasteiger partial charge is 0.467 e. The van der Waals surface area contributed by atoms with E-state index in [-0.39, 0.29) is 12.0 Å². The first-order valence-electron chi connectivity index (χ1n) is 5.16. The van der Waals surface area contributed by atoms with Gasteiger partial charge in [-0.25, -0.2) is 4.79 Å². The number of carbonyl (C=O) groups excluding carboxylic acids is 1. The zero-order chi connectivity index (χ0) is 11.8. The highest BCUT2D eigenvalue weighted by Crippen LogP contribution is 2.11. The molecule has 4 heteroatoms. The molecule has 0 aliphatic carbocycles. The molecule has 1 rings (SSSR count). The van der Waals surface area contributed by atoms with E-state index in [4.69, 9.17) is 4.74 Å². The number of nitrogens with one attached hydrogen (secondary N) is 1. The molecule has 0 heterocycles. The zero-order valence-electron chi connectivity index (χ0n) is 9.60. The summed E-state index contributed by atoms with van der Waals surface area (Å²) >= 11 is 1.72. The molecule has 0 saturated carbocycles. The van der Waals surface area contributed by atoms with E-state index in [1.807, 2.05) is 36.6 Å². The lowest BCUT2D eigenvalue weighted by atomic mass is 10.2. The quantitative estimate of drug-likeness (QED) is 0.774. The summed E-state index contributed by atoms with van der Waals surface area (Å²) in [5.74, 6) is 0.720. The van der Waals surface area contributed by atoms with E-state index in [1.54, 1.807) is 11.8 Å². The third-order valence-corrected chi connectivity index (χ3v) is 2.85. The number of hydrogen-bond acceptors (Lipinski definition) is 4. The molecule has 1 aromatic rings. The van der Waals surface area contributed by atoms with E-state index >= 15 is 0 Å². The van der Waals surface area contributed by atoms with Crippen LogP contribution < -0.4 is 5.32 Å². The minimum atomic E-state index is -0.264. The second-order valence-electron chi connectivity index (χ2n) is 3.37. The van der Waals surface area contributed by atoms with Crippen molar-refractivity contribution in [3.05, 3.63) is 30.3 Å². The van der Waals surface area contributed by atoms with Crippen LogP contribution in [0.5, 0.6) is 0 Å². The zero-order valence-corrected chi connectivity index (χ0v) is 10.4. The van der Waals surface area contributed by atoms with Gasteiger partial charge in [-0.15, -0.1) is 0 Å². The molecular formula is C12H17NO2S. The third kappa shape index (κ3) is 4.14. The lowest BCUT2D eigenvalue weighted by molar-refractivity contribution is -0.141. The minimum Gasteiger partial charge on any atom is -0.467 e.